The predicted molar refractivity (Wildman–Crippen MR) is 108 cm³/mol. The van der Waals surface area contributed by atoms with Gasteiger partial charge in [0.2, 0.25) is 0 Å². The van der Waals surface area contributed by atoms with E-state index in [0.717, 1.165) is 22.3 Å². The molecule has 0 fully saturated rings. The van der Waals surface area contributed by atoms with Crippen LogP contribution >= 0.6 is 0 Å². The Bertz CT molecular complexity index is 998. The first-order chi connectivity index (χ1) is 12.6. The van der Waals surface area contributed by atoms with Gasteiger partial charge < -0.3 is 0 Å². The van der Waals surface area contributed by atoms with Gasteiger partial charge >= 0.3 is 0 Å². The van der Waals surface area contributed by atoms with Gasteiger partial charge in [0.25, 0.3) is 0 Å². The van der Waals surface area contributed by atoms with Gasteiger partial charge in [-0.05, 0) is 55.3 Å². The minimum atomic E-state index is -0.0389. The van der Waals surface area contributed by atoms with Crippen LogP contribution in [0.5, 0.6) is 0 Å². The van der Waals surface area contributed by atoms with Crippen molar-refractivity contribution in [3.63, 3.8) is 0 Å². The lowest BCUT2D eigenvalue weighted by molar-refractivity contribution is 0.104. The third kappa shape index (κ3) is 4.59. The Morgan fingerprint density at radius 1 is 0.808 bits per heavy atom. The van der Waals surface area contributed by atoms with Crippen molar-refractivity contribution in [2.45, 2.75) is 13.8 Å². The molecule has 0 aromatic heterocycles. The average Bonchev–Trinajstić information content (AvgIpc) is 2.66. The number of carbonyl (C=O) groups excluding carboxylic acids is 1. The second-order valence-corrected chi connectivity index (χ2v) is 6.27. The SMILES string of the molecule is Cc1ccc(/C=C/C(=O)c2ccc(C)cc2C#Cc2ccccc2)cc1. The largest absolute Gasteiger partial charge is 0.289 e. The molecule has 0 aliphatic carbocycles. The fraction of sp³-hybridized carbons (Fsp3) is 0.0800. The third-order valence-corrected chi connectivity index (χ3v) is 4.06. The van der Waals surface area contributed by atoms with Gasteiger partial charge in [-0.1, -0.05) is 72.0 Å². The number of hydrogen-bond donors (Lipinski definition) is 0. The molecule has 3 rings (SSSR count). The molecule has 0 aliphatic heterocycles. The quantitative estimate of drug-likeness (QED) is 0.346. The molecule has 1 nitrogen and oxygen atoms in total. The van der Waals surface area contributed by atoms with Crippen molar-refractivity contribution >= 4 is 11.9 Å². The summed E-state index contributed by atoms with van der Waals surface area (Å²) in [4.78, 5) is 12.7. The summed E-state index contributed by atoms with van der Waals surface area (Å²) in [5.41, 5.74) is 5.61. The molecule has 0 spiro atoms. The van der Waals surface area contributed by atoms with E-state index in [-0.39, 0.29) is 5.78 Å². The number of benzene rings is 3. The highest BCUT2D eigenvalue weighted by Crippen LogP contribution is 2.14. The standard InChI is InChI=1S/C25H20O/c1-19-8-11-22(12-9-19)14-17-25(26)24-16-10-20(2)18-23(24)15-13-21-6-4-3-5-7-21/h3-12,14,16-18H,1-2H3/b17-14+. The lowest BCUT2D eigenvalue weighted by Crippen LogP contribution is -1.99. The number of rotatable bonds is 3. The van der Waals surface area contributed by atoms with Crippen molar-refractivity contribution in [2.24, 2.45) is 0 Å². The zero-order valence-corrected chi connectivity index (χ0v) is 15.0. The van der Waals surface area contributed by atoms with E-state index < -0.39 is 0 Å². The Hall–Kier alpha value is -3.37. The van der Waals surface area contributed by atoms with Crippen LogP contribution in [-0.2, 0) is 0 Å². The molecule has 0 saturated heterocycles. The van der Waals surface area contributed by atoms with Gasteiger partial charge in [-0.2, -0.15) is 0 Å². The number of hydrogen-bond acceptors (Lipinski definition) is 1. The zero-order valence-electron chi connectivity index (χ0n) is 15.0. The fourth-order valence-corrected chi connectivity index (χ4v) is 2.58. The van der Waals surface area contributed by atoms with E-state index in [2.05, 4.69) is 11.8 Å². The lowest BCUT2D eigenvalue weighted by Gasteiger charge is -2.03. The van der Waals surface area contributed by atoms with Gasteiger partial charge in [0.05, 0.1) is 0 Å². The molecule has 3 aromatic carbocycles. The second kappa shape index (κ2) is 8.14. The summed E-state index contributed by atoms with van der Waals surface area (Å²) in [5.74, 6) is 6.25. The van der Waals surface area contributed by atoms with Crippen LogP contribution in [0, 0.1) is 25.7 Å². The number of carbonyl (C=O) groups is 1. The smallest absolute Gasteiger partial charge is 0.187 e. The highest BCUT2D eigenvalue weighted by molar-refractivity contribution is 6.08. The number of allylic oxidation sites excluding steroid dienone is 1. The van der Waals surface area contributed by atoms with Gasteiger partial charge in [0.15, 0.2) is 5.78 Å². The van der Waals surface area contributed by atoms with Crippen LogP contribution in [0.3, 0.4) is 0 Å². The monoisotopic (exact) mass is 336 g/mol. The van der Waals surface area contributed by atoms with Gasteiger partial charge in [-0.25, -0.2) is 0 Å². The third-order valence-electron chi connectivity index (χ3n) is 4.06. The van der Waals surface area contributed by atoms with E-state index in [4.69, 9.17) is 0 Å². The normalized spacial score (nSPS) is 10.4. The van der Waals surface area contributed by atoms with Gasteiger partial charge in [0.1, 0.15) is 0 Å². The van der Waals surface area contributed by atoms with Crippen molar-refractivity contribution in [1.29, 1.82) is 0 Å². The Kier molecular flexibility index (Phi) is 5.46. The summed E-state index contributed by atoms with van der Waals surface area (Å²) in [5, 5.41) is 0. The molecular formula is C25H20O. The molecule has 0 N–H and O–H groups in total. The average molecular weight is 336 g/mol. The molecule has 3 aromatic rings. The van der Waals surface area contributed by atoms with Crippen molar-refractivity contribution < 1.29 is 4.79 Å². The topological polar surface area (TPSA) is 17.1 Å². The maximum atomic E-state index is 12.7. The Balaban J connectivity index is 1.88. The molecule has 26 heavy (non-hydrogen) atoms. The molecule has 0 aliphatic rings. The minimum Gasteiger partial charge on any atom is -0.289 e. The maximum absolute atomic E-state index is 12.7. The van der Waals surface area contributed by atoms with Crippen LogP contribution in [0.25, 0.3) is 6.08 Å². The van der Waals surface area contributed by atoms with E-state index in [0.29, 0.717) is 5.56 Å². The maximum Gasteiger partial charge on any atom is 0.187 e. The van der Waals surface area contributed by atoms with Crippen molar-refractivity contribution in [1.82, 2.24) is 0 Å². The van der Waals surface area contributed by atoms with Crippen LogP contribution in [0.15, 0.2) is 78.9 Å². The van der Waals surface area contributed by atoms with Crippen molar-refractivity contribution in [3.05, 3.63) is 112 Å². The number of aryl methyl sites for hydroxylation is 2. The van der Waals surface area contributed by atoms with Gasteiger partial charge in [-0.3, -0.25) is 4.79 Å². The van der Waals surface area contributed by atoms with Crippen molar-refractivity contribution in [3.8, 4) is 11.8 Å². The minimum absolute atomic E-state index is 0.0389. The predicted octanol–water partition coefficient (Wildman–Crippen LogP) is 5.60. The first-order valence-corrected chi connectivity index (χ1v) is 8.58. The molecule has 1 heteroatoms. The molecule has 0 unspecified atom stereocenters. The van der Waals surface area contributed by atoms with Gasteiger partial charge in [0, 0.05) is 16.7 Å². The second-order valence-electron chi connectivity index (χ2n) is 6.27. The summed E-state index contributed by atoms with van der Waals surface area (Å²) in [7, 11) is 0. The molecule has 0 radical (unpaired) electrons. The molecule has 0 amide bonds. The summed E-state index contributed by atoms with van der Waals surface area (Å²) < 4.78 is 0. The zero-order chi connectivity index (χ0) is 18.4. The highest BCUT2D eigenvalue weighted by atomic mass is 16.1. The first kappa shape index (κ1) is 17.5. The summed E-state index contributed by atoms with van der Waals surface area (Å²) in [6, 6.07) is 23.6. The van der Waals surface area contributed by atoms with E-state index in [1.165, 1.54) is 5.56 Å². The molecule has 0 atom stereocenters. The highest BCUT2D eigenvalue weighted by Gasteiger charge is 2.07. The van der Waals surface area contributed by atoms with E-state index >= 15 is 0 Å². The van der Waals surface area contributed by atoms with Crippen LogP contribution in [-0.4, -0.2) is 5.78 Å². The van der Waals surface area contributed by atoms with Crippen molar-refractivity contribution in [2.75, 3.05) is 0 Å². The van der Waals surface area contributed by atoms with E-state index in [1.807, 2.05) is 92.7 Å². The lowest BCUT2D eigenvalue weighted by atomic mass is 10.00. The Morgan fingerprint density at radius 3 is 2.23 bits per heavy atom. The van der Waals surface area contributed by atoms with Gasteiger partial charge in [-0.15, -0.1) is 0 Å². The first-order valence-electron chi connectivity index (χ1n) is 8.58. The Morgan fingerprint density at radius 2 is 1.50 bits per heavy atom. The van der Waals surface area contributed by atoms with Crippen LogP contribution in [0.1, 0.15) is 38.2 Å². The molecule has 0 heterocycles. The Labute approximate surface area is 155 Å². The molecule has 126 valence electrons. The fourth-order valence-electron chi connectivity index (χ4n) is 2.58. The van der Waals surface area contributed by atoms with E-state index in [9.17, 15) is 4.79 Å². The molecule has 0 bridgehead atoms. The van der Waals surface area contributed by atoms with E-state index in [1.54, 1.807) is 6.08 Å². The van der Waals surface area contributed by atoms with Crippen LogP contribution in [0.2, 0.25) is 0 Å². The summed E-state index contributed by atoms with van der Waals surface area (Å²) in [6.45, 7) is 4.05. The summed E-state index contributed by atoms with van der Waals surface area (Å²) >= 11 is 0. The number of ketones is 1. The van der Waals surface area contributed by atoms with Crippen LogP contribution in [0.4, 0.5) is 0 Å². The molecule has 0 saturated carbocycles. The molecular weight excluding hydrogens is 316 g/mol. The van der Waals surface area contributed by atoms with Crippen LogP contribution < -0.4 is 0 Å². The summed E-state index contributed by atoms with van der Waals surface area (Å²) in [6.07, 6.45) is 3.46.